The van der Waals surface area contributed by atoms with Crippen LogP contribution in [-0.4, -0.2) is 12.6 Å². The van der Waals surface area contributed by atoms with E-state index in [0.29, 0.717) is 6.04 Å². The smallest absolute Gasteiger partial charge is 0.0464 e. The van der Waals surface area contributed by atoms with Crippen LogP contribution in [0, 0.1) is 5.92 Å². The molecule has 0 amide bonds. The van der Waals surface area contributed by atoms with Crippen LogP contribution in [-0.2, 0) is 6.42 Å². The van der Waals surface area contributed by atoms with E-state index in [1.165, 1.54) is 24.8 Å². The zero-order valence-corrected chi connectivity index (χ0v) is 10.4. The van der Waals surface area contributed by atoms with Gasteiger partial charge in [0.05, 0.1) is 0 Å². The van der Waals surface area contributed by atoms with Gasteiger partial charge in [-0.2, -0.15) is 0 Å². The lowest BCUT2D eigenvalue weighted by Crippen LogP contribution is -2.41. The molecular formula is C15H22N2. The topological polar surface area (TPSA) is 38.0 Å². The zero-order valence-electron chi connectivity index (χ0n) is 10.4. The molecule has 2 nitrogen and oxygen atoms in total. The summed E-state index contributed by atoms with van der Waals surface area (Å²) in [6, 6.07) is 11.0. The van der Waals surface area contributed by atoms with E-state index in [2.05, 4.69) is 42.2 Å². The van der Waals surface area contributed by atoms with Gasteiger partial charge in [-0.15, -0.1) is 0 Å². The van der Waals surface area contributed by atoms with E-state index in [9.17, 15) is 0 Å². The Morgan fingerprint density at radius 2 is 2.12 bits per heavy atom. The summed E-state index contributed by atoms with van der Waals surface area (Å²) in [6.45, 7) is 4.92. The molecule has 1 heterocycles. The van der Waals surface area contributed by atoms with E-state index in [1.807, 2.05) is 0 Å². The fourth-order valence-corrected chi connectivity index (χ4v) is 2.56. The third-order valence-electron chi connectivity index (χ3n) is 3.64. The molecule has 2 rings (SSSR count). The van der Waals surface area contributed by atoms with Crippen LogP contribution in [0.25, 0.3) is 0 Å². The van der Waals surface area contributed by atoms with E-state index in [-0.39, 0.29) is 0 Å². The summed E-state index contributed by atoms with van der Waals surface area (Å²) in [4.78, 5) is 0. The predicted molar refractivity (Wildman–Crippen MR) is 72.6 cm³/mol. The summed E-state index contributed by atoms with van der Waals surface area (Å²) >= 11 is 0. The van der Waals surface area contributed by atoms with Crippen molar-refractivity contribution in [2.75, 3.05) is 6.54 Å². The van der Waals surface area contributed by atoms with Crippen molar-refractivity contribution in [1.82, 2.24) is 5.32 Å². The van der Waals surface area contributed by atoms with Crippen molar-refractivity contribution in [3.05, 3.63) is 48.2 Å². The molecule has 2 heteroatoms. The Hall–Kier alpha value is -1.28. The number of piperidine rings is 1. The minimum Gasteiger partial charge on any atom is -0.401 e. The van der Waals surface area contributed by atoms with Crippen molar-refractivity contribution in [2.24, 2.45) is 11.7 Å². The van der Waals surface area contributed by atoms with Gasteiger partial charge in [0.25, 0.3) is 0 Å². The van der Waals surface area contributed by atoms with Gasteiger partial charge in [0.15, 0.2) is 0 Å². The first kappa shape index (κ1) is 12.2. The summed E-state index contributed by atoms with van der Waals surface area (Å²) in [7, 11) is 0. The lowest BCUT2D eigenvalue weighted by atomic mass is 9.87. The van der Waals surface area contributed by atoms with Crippen LogP contribution in [0.3, 0.4) is 0 Å². The number of nitrogens with two attached hydrogens (primary N) is 1. The quantitative estimate of drug-likeness (QED) is 0.834. The molecule has 1 aliphatic rings. The molecule has 0 spiro atoms. The van der Waals surface area contributed by atoms with Gasteiger partial charge in [-0.25, -0.2) is 0 Å². The molecule has 1 aliphatic heterocycles. The van der Waals surface area contributed by atoms with Gasteiger partial charge >= 0.3 is 0 Å². The Kier molecular flexibility index (Phi) is 4.21. The monoisotopic (exact) mass is 230 g/mol. The average Bonchev–Trinajstić information content (AvgIpc) is 2.38. The molecule has 2 unspecified atom stereocenters. The standard InChI is InChI=1S/C15H22N2/c1-12(16)15-11-14(9-10-17-15)8-7-13-5-3-2-4-6-13/h2-6,14-15,17H,1,7-11,16H2. The van der Waals surface area contributed by atoms with E-state index in [1.54, 1.807) is 0 Å². The highest BCUT2D eigenvalue weighted by atomic mass is 14.9. The third kappa shape index (κ3) is 3.60. The molecule has 1 aromatic carbocycles. The van der Waals surface area contributed by atoms with Crippen molar-refractivity contribution in [3.8, 4) is 0 Å². The van der Waals surface area contributed by atoms with Crippen molar-refractivity contribution in [1.29, 1.82) is 0 Å². The number of rotatable bonds is 4. The fourth-order valence-electron chi connectivity index (χ4n) is 2.56. The Morgan fingerprint density at radius 3 is 2.82 bits per heavy atom. The van der Waals surface area contributed by atoms with Gasteiger partial charge in [0.1, 0.15) is 0 Å². The highest BCUT2D eigenvalue weighted by Crippen LogP contribution is 2.23. The number of benzene rings is 1. The minimum atomic E-state index is 0.324. The Balaban J connectivity index is 1.81. The van der Waals surface area contributed by atoms with Gasteiger partial charge in [0, 0.05) is 11.7 Å². The van der Waals surface area contributed by atoms with Gasteiger partial charge in [-0.05, 0) is 43.7 Å². The molecule has 1 aromatic rings. The Labute approximate surface area is 104 Å². The van der Waals surface area contributed by atoms with Crippen molar-refractivity contribution < 1.29 is 0 Å². The summed E-state index contributed by atoms with van der Waals surface area (Å²) in [6.07, 6.45) is 4.84. The van der Waals surface area contributed by atoms with E-state index in [0.717, 1.165) is 24.6 Å². The van der Waals surface area contributed by atoms with Crippen LogP contribution in [0.2, 0.25) is 0 Å². The first-order valence-corrected chi connectivity index (χ1v) is 6.47. The number of nitrogens with one attached hydrogen (secondary N) is 1. The average molecular weight is 230 g/mol. The molecule has 0 radical (unpaired) electrons. The Bertz CT molecular complexity index is 358. The van der Waals surface area contributed by atoms with Crippen LogP contribution < -0.4 is 11.1 Å². The molecule has 0 saturated carbocycles. The van der Waals surface area contributed by atoms with Crippen LogP contribution in [0.4, 0.5) is 0 Å². The molecule has 92 valence electrons. The molecule has 2 atom stereocenters. The summed E-state index contributed by atoms with van der Waals surface area (Å²) < 4.78 is 0. The number of hydrogen-bond donors (Lipinski definition) is 2. The lowest BCUT2D eigenvalue weighted by Gasteiger charge is -2.30. The van der Waals surface area contributed by atoms with Crippen molar-refractivity contribution >= 4 is 0 Å². The molecule has 3 N–H and O–H groups in total. The minimum absolute atomic E-state index is 0.324. The van der Waals surface area contributed by atoms with E-state index < -0.39 is 0 Å². The maximum atomic E-state index is 5.78. The highest BCUT2D eigenvalue weighted by molar-refractivity contribution is 5.14. The van der Waals surface area contributed by atoms with Gasteiger partial charge < -0.3 is 11.1 Å². The first-order chi connectivity index (χ1) is 8.25. The molecule has 0 aromatic heterocycles. The van der Waals surface area contributed by atoms with Crippen LogP contribution in [0.5, 0.6) is 0 Å². The highest BCUT2D eigenvalue weighted by Gasteiger charge is 2.21. The van der Waals surface area contributed by atoms with Gasteiger partial charge in [-0.3, -0.25) is 0 Å². The van der Waals surface area contributed by atoms with E-state index in [4.69, 9.17) is 5.73 Å². The van der Waals surface area contributed by atoms with Crippen molar-refractivity contribution in [2.45, 2.75) is 31.7 Å². The second-order valence-electron chi connectivity index (χ2n) is 5.00. The summed E-state index contributed by atoms with van der Waals surface area (Å²) in [5, 5.41) is 3.42. The van der Waals surface area contributed by atoms with E-state index >= 15 is 0 Å². The predicted octanol–water partition coefficient (Wildman–Crippen LogP) is 2.46. The van der Waals surface area contributed by atoms with Gasteiger partial charge in [0.2, 0.25) is 0 Å². The molecule has 0 aliphatic carbocycles. The SMILES string of the molecule is C=C(N)C1CC(CCc2ccccc2)CCN1. The molecule has 1 fully saturated rings. The van der Waals surface area contributed by atoms with Crippen LogP contribution in [0.1, 0.15) is 24.8 Å². The second-order valence-corrected chi connectivity index (χ2v) is 5.00. The normalized spacial score (nSPS) is 24.5. The maximum Gasteiger partial charge on any atom is 0.0464 e. The summed E-state index contributed by atoms with van der Waals surface area (Å²) in [5.41, 5.74) is 8.01. The summed E-state index contributed by atoms with van der Waals surface area (Å²) in [5.74, 6) is 0.779. The van der Waals surface area contributed by atoms with Crippen LogP contribution in [0.15, 0.2) is 42.6 Å². The van der Waals surface area contributed by atoms with Crippen molar-refractivity contribution in [3.63, 3.8) is 0 Å². The largest absolute Gasteiger partial charge is 0.401 e. The number of hydrogen-bond acceptors (Lipinski definition) is 2. The second kappa shape index (κ2) is 5.87. The first-order valence-electron chi connectivity index (χ1n) is 6.47. The number of aryl methyl sites for hydroxylation is 1. The lowest BCUT2D eigenvalue weighted by molar-refractivity contribution is 0.309. The maximum absolute atomic E-state index is 5.78. The fraction of sp³-hybridized carbons (Fsp3) is 0.467. The third-order valence-corrected chi connectivity index (χ3v) is 3.64. The van der Waals surface area contributed by atoms with Crippen LogP contribution >= 0.6 is 0 Å². The molecule has 0 bridgehead atoms. The Morgan fingerprint density at radius 1 is 1.35 bits per heavy atom. The molecule has 17 heavy (non-hydrogen) atoms. The van der Waals surface area contributed by atoms with Gasteiger partial charge in [-0.1, -0.05) is 36.9 Å². The molecule has 1 saturated heterocycles. The molecular weight excluding hydrogens is 208 g/mol. The zero-order chi connectivity index (χ0) is 12.1.